The Hall–Kier alpha value is -1.95. The maximum absolute atomic E-state index is 12.3. The molecule has 132 valence electrons. The normalized spacial score (nSPS) is 11.6. The van der Waals surface area contributed by atoms with Gasteiger partial charge in [-0.25, -0.2) is 4.79 Å². The van der Waals surface area contributed by atoms with Crippen LogP contribution in [0.5, 0.6) is 5.75 Å². The number of methoxy groups -OCH3 is 1. The molecule has 0 saturated carbocycles. The minimum Gasteiger partial charge on any atom is -0.496 e. The van der Waals surface area contributed by atoms with Crippen LogP contribution in [0.1, 0.15) is 17.3 Å². The lowest BCUT2D eigenvalue weighted by molar-refractivity contribution is -0.123. The second-order valence-corrected chi connectivity index (χ2v) is 6.29. The number of ether oxygens (including phenoxy) is 2. The van der Waals surface area contributed by atoms with Crippen molar-refractivity contribution >= 4 is 52.4 Å². The average molecular weight is 403 g/mol. The molecule has 1 N–H and O–H groups in total. The topological polar surface area (TPSA) is 64.6 Å². The van der Waals surface area contributed by atoms with E-state index in [2.05, 4.69) is 5.32 Å². The van der Waals surface area contributed by atoms with Gasteiger partial charge < -0.3 is 14.8 Å². The van der Waals surface area contributed by atoms with Gasteiger partial charge in [0.15, 0.2) is 6.10 Å². The van der Waals surface area contributed by atoms with Crippen molar-refractivity contribution in [3.05, 3.63) is 57.0 Å². The number of carbonyl (C=O) groups is 2. The molecule has 0 aromatic heterocycles. The predicted octanol–water partition coefficient (Wildman–Crippen LogP) is 4.84. The van der Waals surface area contributed by atoms with Crippen molar-refractivity contribution in [2.75, 3.05) is 12.4 Å². The van der Waals surface area contributed by atoms with Gasteiger partial charge in [-0.15, -0.1) is 0 Å². The molecule has 0 spiro atoms. The summed E-state index contributed by atoms with van der Waals surface area (Å²) < 4.78 is 10.3. The minimum atomic E-state index is -1.07. The van der Waals surface area contributed by atoms with E-state index in [4.69, 9.17) is 44.3 Å². The van der Waals surface area contributed by atoms with Crippen LogP contribution in [0.3, 0.4) is 0 Å². The van der Waals surface area contributed by atoms with E-state index in [1.807, 2.05) is 0 Å². The Morgan fingerprint density at radius 3 is 2.32 bits per heavy atom. The lowest BCUT2D eigenvalue weighted by Gasteiger charge is -2.15. The van der Waals surface area contributed by atoms with Crippen molar-refractivity contribution in [2.45, 2.75) is 13.0 Å². The van der Waals surface area contributed by atoms with Crippen molar-refractivity contribution in [3.8, 4) is 5.75 Å². The average Bonchev–Trinajstić information content (AvgIpc) is 2.57. The highest BCUT2D eigenvalue weighted by atomic mass is 35.5. The Kier molecular flexibility index (Phi) is 6.53. The van der Waals surface area contributed by atoms with Gasteiger partial charge in [0.1, 0.15) is 11.3 Å². The van der Waals surface area contributed by atoms with Crippen LogP contribution in [-0.2, 0) is 9.53 Å². The fraction of sp³-hybridized carbons (Fsp3) is 0.176. The molecule has 0 aliphatic heterocycles. The molecule has 2 rings (SSSR count). The van der Waals surface area contributed by atoms with Crippen LogP contribution in [0.2, 0.25) is 15.1 Å². The molecule has 2 aromatic rings. The first kappa shape index (κ1) is 19.4. The highest BCUT2D eigenvalue weighted by Gasteiger charge is 2.22. The Bertz CT molecular complexity index is 810. The van der Waals surface area contributed by atoms with Gasteiger partial charge in [0.25, 0.3) is 5.91 Å². The SMILES string of the molecule is COc1ccc(Cl)cc1C(=O)OC(C)C(=O)Nc1ccc(Cl)cc1Cl. The third-order valence-electron chi connectivity index (χ3n) is 3.22. The van der Waals surface area contributed by atoms with E-state index >= 15 is 0 Å². The maximum atomic E-state index is 12.3. The molecule has 0 fully saturated rings. The second-order valence-electron chi connectivity index (χ2n) is 5.01. The van der Waals surface area contributed by atoms with Crippen LogP contribution in [-0.4, -0.2) is 25.1 Å². The predicted molar refractivity (Wildman–Crippen MR) is 98.0 cm³/mol. The summed E-state index contributed by atoms with van der Waals surface area (Å²) in [5.41, 5.74) is 0.485. The number of anilines is 1. The van der Waals surface area contributed by atoms with E-state index < -0.39 is 18.0 Å². The van der Waals surface area contributed by atoms with Crippen LogP contribution < -0.4 is 10.1 Å². The van der Waals surface area contributed by atoms with Gasteiger partial charge in [-0.1, -0.05) is 34.8 Å². The molecule has 8 heteroatoms. The second kappa shape index (κ2) is 8.43. The molecule has 0 aliphatic carbocycles. The largest absolute Gasteiger partial charge is 0.496 e. The fourth-order valence-electron chi connectivity index (χ4n) is 1.94. The Balaban J connectivity index is 2.08. The standard InChI is InChI=1S/C17H14Cl3NO4/c1-9(16(22)21-14-5-3-11(19)8-13(14)20)25-17(23)12-7-10(18)4-6-15(12)24-2/h3-9H,1-2H3,(H,21,22). The van der Waals surface area contributed by atoms with Gasteiger partial charge in [-0.05, 0) is 43.3 Å². The Morgan fingerprint density at radius 1 is 1.04 bits per heavy atom. The van der Waals surface area contributed by atoms with Gasteiger partial charge >= 0.3 is 5.97 Å². The lowest BCUT2D eigenvalue weighted by atomic mass is 10.2. The number of amides is 1. The molecule has 1 amide bonds. The van der Waals surface area contributed by atoms with Crippen molar-refractivity contribution in [3.63, 3.8) is 0 Å². The van der Waals surface area contributed by atoms with Crippen molar-refractivity contribution < 1.29 is 19.1 Å². The zero-order chi connectivity index (χ0) is 18.6. The number of esters is 1. The number of hydrogen-bond donors (Lipinski definition) is 1. The molecule has 0 heterocycles. The summed E-state index contributed by atoms with van der Waals surface area (Å²) in [6.07, 6.45) is -1.07. The van der Waals surface area contributed by atoms with Crippen LogP contribution in [0.25, 0.3) is 0 Å². The Morgan fingerprint density at radius 2 is 1.68 bits per heavy atom. The number of rotatable bonds is 5. The van der Waals surface area contributed by atoms with Crippen LogP contribution in [0.4, 0.5) is 5.69 Å². The molecule has 2 aromatic carbocycles. The van der Waals surface area contributed by atoms with Crippen LogP contribution in [0.15, 0.2) is 36.4 Å². The molecule has 0 aliphatic rings. The minimum absolute atomic E-state index is 0.124. The van der Waals surface area contributed by atoms with Gasteiger partial charge in [0, 0.05) is 10.0 Å². The van der Waals surface area contributed by atoms with E-state index in [0.717, 1.165) is 0 Å². The van der Waals surface area contributed by atoms with Gasteiger partial charge in [0.2, 0.25) is 0 Å². The van der Waals surface area contributed by atoms with Crippen molar-refractivity contribution in [1.29, 1.82) is 0 Å². The first-order valence-electron chi connectivity index (χ1n) is 7.12. The number of halogens is 3. The van der Waals surface area contributed by atoms with E-state index in [1.165, 1.54) is 32.2 Å². The third-order valence-corrected chi connectivity index (χ3v) is 4.01. The maximum Gasteiger partial charge on any atom is 0.342 e. The molecule has 25 heavy (non-hydrogen) atoms. The molecule has 1 atom stereocenters. The zero-order valence-electron chi connectivity index (χ0n) is 13.3. The van der Waals surface area contributed by atoms with Crippen molar-refractivity contribution in [1.82, 2.24) is 0 Å². The molecule has 0 saturated heterocycles. The van der Waals surface area contributed by atoms with E-state index in [-0.39, 0.29) is 10.6 Å². The molecular formula is C17H14Cl3NO4. The first-order chi connectivity index (χ1) is 11.8. The summed E-state index contributed by atoms with van der Waals surface area (Å²) in [6, 6.07) is 9.15. The third kappa shape index (κ3) is 5.01. The fourth-order valence-corrected chi connectivity index (χ4v) is 2.57. The number of benzene rings is 2. The van der Waals surface area contributed by atoms with Gasteiger partial charge in [0.05, 0.1) is 17.8 Å². The molecule has 5 nitrogen and oxygen atoms in total. The van der Waals surface area contributed by atoms with Gasteiger partial charge in [-0.2, -0.15) is 0 Å². The first-order valence-corrected chi connectivity index (χ1v) is 8.25. The highest BCUT2D eigenvalue weighted by molar-refractivity contribution is 6.36. The highest BCUT2D eigenvalue weighted by Crippen LogP contribution is 2.26. The summed E-state index contributed by atoms with van der Waals surface area (Å²) in [5, 5.41) is 3.63. The number of nitrogens with one attached hydrogen (secondary N) is 1. The lowest BCUT2D eigenvalue weighted by Crippen LogP contribution is -2.30. The number of hydrogen-bond acceptors (Lipinski definition) is 4. The molecule has 0 radical (unpaired) electrons. The van der Waals surface area contributed by atoms with E-state index in [0.29, 0.717) is 21.5 Å². The van der Waals surface area contributed by atoms with E-state index in [1.54, 1.807) is 18.2 Å². The van der Waals surface area contributed by atoms with Crippen LogP contribution >= 0.6 is 34.8 Å². The Labute approximate surface area is 159 Å². The van der Waals surface area contributed by atoms with Gasteiger partial charge in [-0.3, -0.25) is 4.79 Å². The summed E-state index contributed by atoms with van der Waals surface area (Å²) in [7, 11) is 1.42. The quantitative estimate of drug-likeness (QED) is 0.727. The summed E-state index contributed by atoms with van der Waals surface area (Å²) in [5.74, 6) is -0.981. The van der Waals surface area contributed by atoms with E-state index in [9.17, 15) is 9.59 Å². The molecule has 0 bridgehead atoms. The van der Waals surface area contributed by atoms with Crippen LogP contribution in [0, 0.1) is 0 Å². The molecule has 1 unspecified atom stereocenters. The summed E-state index contributed by atoms with van der Waals surface area (Å²) >= 11 is 17.7. The summed E-state index contributed by atoms with van der Waals surface area (Å²) in [4.78, 5) is 24.5. The van der Waals surface area contributed by atoms with Crippen molar-refractivity contribution in [2.24, 2.45) is 0 Å². The summed E-state index contributed by atoms with van der Waals surface area (Å²) in [6.45, 7) is 1.44. The molecular weight excluding hydrogens is 389 g/mol. The smallest absolute Gasteiger partial charge is 0.342 e. The monoisotopic (exact) mass is 401 g/mol. The zero-order valence-corrected chi connectivity index (χ0v) is 15.6. The number of carbonyl (C=O) groups excluding carboxylic acids is 2.